The molecule has 0 unspecified atom stereocenters. The van der Waals surface area contributed by atoms with Crippen LogP contribution >= 0.6 is 0 Å². The molecule has 140 valence electrons. The van der Waals surface area contributed by atoms with Gasteiger partial charge in [0.15, 0.2) is 0 Å². The first-order valence-corrected chi connectivity index (χ1v) is 9.01. The van der Waals surface area contributed by atoms with Crippen LogP contribution in [0.4, 0.5) is 24.5 Å². The van der Waals surface area contributed by atoms with Crippen molar-refractivity contribution in [3.8, 4) is 5.75 Å². The predicted molar refractivity (Wildman–Crippen MR) is 90.6 cm³/mol. The van der Waals surface area contributed by atoms with Crippen LogP contribution in [0.1, 0.15) is 17.3 Å². The minimum absolute atomic E-state index is 0.0801. The molecule has 0 saturated carbocycles. The fourth-order valence-corrected chi connectivity index (χ4v) is 2.52. The maximum absolute atomic E-state index is 12.1. The fraction of sp³-hybridized carbons (Fsp3) is 0.188. The van der Waals surface area contributed by atoms with Gasteiger partial charge in [-0.05, 0) is 55.5 Å². The van der Waals surface area contributed by atoms with Crippen LogP contribution in [0.5, 0.6) is 5.75 Å². The molecule has 0 spiro atoms. The Bertz CT molecular complexity index is 864. The van der Waals surface area contributed by atoms with Crippen LogP contribution in [-0.4, -0.2) is 26.4 Å². The van der Waals surface area contributed by atoms with Gasteiger partial charge in [-0.1, -0.05) is 0 Å². The highest BCUT2D eigenvalue weighted by atomic mass is 32.2. The van der Waals surface area contributed by atoms with E-state index in [1.54, 1.807) is 0 Å². The van der Waals surface area contributed by atoms with E-state index >= 15 is 0 Å². The quantitative estimate of drug-likeness (QED) is 0.792. The summed E-state index contributed by atoms with van der Waals surface area (Å²) in [6.07, 6.45) is -4.79. The second-order valence-electron chi connectivity index (χ2n) is 5.11. The third-order valence-electron chi connectivity index (χ3n) is 3.15. The minimum Gasteiger partial charge on any atom is -0.406 e. The number of alkyl halides is 3. The molecule has 10 heteroatoms. The summed E-state index contributed by atoms with van der Waals surface area (Å²) in [7, 11) is -3.41. The molecule has 2 N–H and O–H groups in total. The lowest BCUT2D eigenvalue weighted by molar-refractivity contribution is -0.274. The highest BCUT2D eigenvalue weighted by Crippen LogP contribution is 2.24. The standard InChI is InChI=1S/C16H15F3N2O4S/c1-2-26(23,24)21-13-5-3-11(4-6-13)15(22)20-12-7-9-14(10-8-12)25-16(17,18)19/h3-10,21H,2H2,1H3,(H,20,22). The van der Waals surface area contributed by atoms with Crippen LogP contribution in [0, 0.1) is 0 Å². The summed E-state index contributed by atoms with van der Waals surface area (Å²) >= 11 is 0. The minimum atomic E-state index is -4.79. The number of hydrogen-bond acceptors (Lipinski definition) is 4. The van der Waals surface area contributed by atoms with Gasteiger partial charge < -0.3 is 10.1 Å². The van der Waals surface area contributed by atoms with Crippen LogP contribution in [0.2, 0.25) is 0 Å². The second kappa shape index (κ2) is 7.65. The van der Waals surface area contributed by atoms with Crippen LogP contribution in [-0.2, 0) is 10.0 Å². The molecule has 0 heterocycles. The number of ether oxygens (including phenoxy) is 1. The first kappa shape index (κ1) is 19.6. The van der Waals surface area contributed by atoms with Gasteiger partial charge in [0.05, 0.1) is 5.75 Å². The average molecular weight is 388 g/mol. The first-order valence-electron chi connectivity index (χ1n) is 7.36. The molecule has 2 aromatic carbocycles. The van der Waals surface area contributed by atoms with E-state index < -0.39 is 28.0 Å². The zero-order valence-corrected chi connectivity index (χ0v) is 14.3. The van der Waals surface area contributed by atoms with Gasteiger partial charge in [-0.3, -0.25) is 9.52 Å². The first-order chi connectivity index (χ1) is 12.1. The highest BCUT2D eigenvalue weighted by molar-refractivity contribution is 7.92. The van der Waals surface area contributed by atoms with Crippen LogP contribution in [0.25, 0.3) is 0 Å². The Morgan fingerprint density at radius 1 is 1.00 bits per heavy atom. The molecule has 0 saturated heterocycles. The molecule has 0 atom stereocenters. The van der Waals surface area contributed by atoms with E-state index in [1.165, 1.54) is 43.3 Å². The molecule has 0 fully saturated rings. The molecule has 1 amide bonds. The average Bonchev–Trinajstić information content (AvgIpc) is 2.55. The number of rotatable bonds is 6. The second-order valence-corrected chi connectivity index (χ2v) is 7.12. The van der Waals surface area contributed by atoms with E-state index in [9.17, 15) is 26.4 Å². The van der Waals surface area contributed by atoms with Crippen LogP contribution in [0.15, 0.2) is 48.5 Å². The number of carbonyl (C=O) groups excluding carboxylic acids is 1. The Kier molecular flexibility index (Phi) is 5.76. The summed E-state index contributed by atoms with van der Waals surface area (Å²) in [6.45, 7) is 1.50. The largest absolute Gasteiger partial charge is 0.573 e. The Morgan fingerprint density at radius 3 is 2.04 bits per heavy atom. The zero-order chi connectivity index (χ0) is 19.4. The fourth-order valence-electron chi connectivity index (χ4n) is 1.88. The molecule has 0 radical (unpaired) electrons. The van der Waals surface area contributed by atoms with Crippen LogP contribution < -0.4 is 14.8 Å². The summed E-state index contributed by atoms with van der Waals surface area (Å²) in [5.41, 5.74) is 0.845. The number of nitrogens with one attached hydrogen (secondary N) is 2. The number of anilines is 2. The molecule has 6 nitrogen and oxygen atoms in total. The Morgan fingerprint density at radius 2 is 1.54 bits per heavy atom. The van der Waals surface area contributed by atoms with Gasteiger partial charge in [0.1, 0.15) is 5.75 Å². The van der Waals surface area contributed by atoms with Crippen molar-refractivity contribution in [2.75, 3.05) is 15.8 Å². The highest BCUT2D eigenvalue weighted by Gasteiger charge is 2.30. The SMILES string of the molecule is CCS(=O)(=O)Nc1ccc(C(=O)Nc2ccc(OC(F)(F)F)cc2)cc1. The lowest BCUT2D eigenvalue weighted by atomic mass is 10.2. The van der Waals surface area contributed by atoms with Gasteiger partial charge in [0.25, 0.3) is 5.91 Å². The molecule has 2 rings (SSSR count). The molecule has 2 aromatic rings. The molecule has 0 aliphatic rings. The van der Waals surface area contributed by atoms with Crippen molar-refractivity contribution < 1.29 is 31.1 Å². The number of amides is 1. The summed E-state index contributed by atoms with van der Waals surface area (Å²) in [6, 6.07) is 10.4. The van der Waals surface area contributed by atoms with Crippen molar-refractivity contribution in [3.63, 3.8) is 0 Å². The third kappa shape index (κ3) is 5.96. The van der Waals surface area contributed by atoms with Crippen molar-refractivity contribution in [2.24, 2.45) is 0 Å². The predicted octanol–water partition coefficient (Wildman–Crippen LogP) is 3.60. The summed E-state index contributed by atoms with van der Waals surface area (Å²) < 4.78 is 65.3. The van der Waals surface area contributed by atoms with E-state index in [-0.39, 0.29) is 17.0 Å². The molecular weight excluding hydrogens is 373 g/mol. The number of benzene rings is 2. The molecule has 0 aromatic heterocycles. The van der Waals surface area contributed by atoms with Gasteiger partial charge in [-0.25, -0.2) is 8.42 Å². The van der Waals surface area contributed by atoms with Crippen molar-refractivity contribution in [1.29, 1.82) is 0 Å². The van der Waals surface area contributed by atoms with Gasteiger partial charge in [0.2, 0.25) is 10.0 Å². The maximum atomic E-state index is 12.1. The number of carbonyl (C=O) groups is 1. The third-order valence-corrected chi connectivity index (χ3v) is 4.45. The topological polar surface area (TPSA) is 84.5 Å². The van der Waals surface area contributed by atoms with Gasteiger partial charge in [-0.15, -0.1) is 13.2 Å². The van der Waals surface area contributed by atoms with Crippen LogP contribution in [0.3, 0.4) is 0 Å². The number of sulfonamides is 1. The van der Waals surface area contributed by atoms with E-state index in [1.807, 2.05) is 0 Å². The van der Waals surface area contributed by atoms with Gasteiger partial charge >= 0.3 is 6.36 Å². The summed E-state index contributed by atoms with van der Waals surface area (Å²) in [4.78, 5) is 12.1. The lowest BCUT2D eigenvalue weighted by Gasteiger charge is -2.10. The Hall–Kier alpha value is -2.75. The molecular formula is C16H15F3N2O4S. The Labute approximate surface area is 148 Å². The van der Waals surface area contributed by atoms with Gasteiger partial charge in [-0.2, -0.15) is 0 Å². The zero-order valence-electron chi connectivity index (χ0n) is 13.5. The Balaban J connectivity index is 2.01. The summed E-state index contributed by atoms with van der Waals surface area (Å²) in [5, 5.41) is 2.51. The molecule has 26 heavy (non-hydrogen) atoms. The van der Waals surface area contributed by atoms with E-state index in [0.717, 1.165) is 12.1 Å². The monoisotopic (exact) mass is 388 g/mol. The lowest BCUT2D eigenvalue weighted by Crippen LogP contribution is -2.17. The van der Waals surface area contributed by atoms with Gasteiger partial charge in [0, 0.05) is 16.9 Å². The van der Waals surface area contributed by atoms with E-state index in [0.29, 0.717) is 5.69 Å². The smallest absolute Gasteiger partial charge is 0.406 e. The van der Waals surface area contributed by atoms with E-state index in [2.05, 4.69) is 14.8 Å². The summed E-state index contributed by atoms with van der Waals surface area (Å²) in [5.74, 6) is -0.981. The molecule has 0 aliphatic heterocycles. The number of halogens is 3. The van der Waals surface area contributed by atoms with Crippen molar-refractivity contribution >= 4 is 27.3 Å². The van der Waals surface area contributed by atoms with Crippen molar-refractivity contribution in [1.82, 2.24) is 0 Å². The van der Waals surface area contributed by atoms with E-state index in [4.69, 9.17) is 0 Å². The molecule has 0 aliphatic carbocycles. The van der Waals surface area contributed by atoms with Crippen molar-refractivity contribution in [3.05, 3.63) is 54.1 Å². The number of hydrogen-bond donors (Lipinski definition) is 2. The van der Waals surface area contributed by atoms with Crippen molar-refractivity contribution in [2.45, 2.75) is 13.3 Å². The molecule has 0 bridgehead atoms. The normalized spacial score (nSPS) is 11.7. The maximum Gasteiger partial charge on any atom is 0.573 e.